The Kier molecular flexibility index (Phi) is 14.7. The van der Waals surface area contributed by atoms with Crippen molar-refractivity contribution in [1.29, 1.82) is 0 Å². The number of rotatable bonds is 18. The molecule has 6 N–H and O–H groups in total. The average Bonchev–Trinajstić information content (AvgIpc) is 3.18. The lowest BCUT2D eigenvalue weighted by atomic mass is 9.86. The van der Waals surface area contributed by atoms with Crippen molar-refractivity contribution in [3.8, 4) is 23.0 Å². The topological polar surface area (TPSA) is 210 Å². The Morgan fingerprint density at radius 3 is 2.20 bits per heavy atom. The van der Waals surface area contributed by atoms with Crippen molar-refractivity contribution in [1.82, 2.24) is 15.2 Å². The van der Waals surface area contributed by atoms with Crippen molar-refractivity contribution < 1.29 is 42.1 Å². The normalized spacial score (nSPS) is 12.0. The minimum absolute atomic E-state index is 0.158. The number of anilines is 5. The number of pyridine rings is 1. The van der Waals surface area contributed by atoms with E-state index in [1.165, 1.54) is 14.2 Å². The van der Waals surface area contributed by atoms with Crippen molar-refractivity contribution in [2.45, 2.75) is 51.5 Å². The Hall–Kier alpha value is -6.59. The molecule has 324 valence electrons. The van der Waals surface area contributed by atoms with E-state index in [0.29, 0.717) is 71.2 Å². The lowest BCUT2D eigenvalue weighted by Gasteiger charge is -2.24. The van der Waals surface area contributed by atoms with Crippen molar-refractivity contribution in [2.75, 3.05) is 61.8 Å². The molecule has 17 heteroatoms. The van der Waals surface area contributed by atoms with Gasteiger partial charge in [0.15, 0.2) is 5.75 Å². The van der Waals surface area contributed by atoms with Gasteiger partial charge in [0.05, 0.1) is 43.1 Å². The summed E-state index contributed by atoms with van der Waals surface area (Å²) in [5.41, 5.74) is 2.34. The third kappa shape index (κ3) is 12.2. The summed E-state index contributed by atoms with van der Waals surface area (Å²) in [4.78, 5) is 44.0. The average molecular weight is 856 g/mol. The van der Waals surface area contributed by atoms with E-state index in [1.54, 1.807) is 79.8 Å². The summed E-state index contributed by atoms with van der Waals surface area (Å²) in [7, 11) is 2.68. The van der Waals surface area contributed by atoms with Crippen molar-refractivity contribution in [3.05, 3.63) is 96.2 Å². The SMILES string of the molecule is COc1cc(Nc2cc(Oc3ccc(NC(=O)Nc4cc(C(C)(C)C)cc(NS(C)(=O)=O)c4OC)c4ccccc34)ccn2)ccc1C(=O)NCCCC[C@@H](C(=O)O)N(C)C. The van der Waals surface area contributed by atoms with Gasteiger partial charge in [0.1, 0.15) is 29.1 Å². The smallest absolute Gasteiger partial charge is 0.323 e. The number of carbonyl (C=O) groups excluding carboxylic acids is 2. The number of carboxylic acids is 1. The van der Waals surface area contributed by atoms with Gasteiger partial charge in [0.25, 0.3) is 5.91 Å². The maximum absolute atomic E-state index is 13.5. The van der Waals surface area contributed by atoms with Gasteiger partial charge in [-0.15, -0.1) is 0 Å². The predicted molar refractivity (Wildman–Crippen MR) is 239 cm³/mol. The maximum atomic E-state index is 13.5. The Morgan fingerprint density at radius 2 is 1.54 bits per heavy atom. The lowest BCUT2D eigenvalue weighted by Crippen LogP contribution is -2.35. The molecule has 0 aliphatic heterocycles. The fourth-order valence-electron chi connectivity index (χ4n) is 6.53. The molecule has 0 aliphatic rings. The number of fused-ring (bicyclic) bond motifs is 1. The quantitative estimate of drug-likeness (QED) is 0.0463. The van der Waals surface area contributed by atoms with E-state index >= 15 is 0 Å². The van der Waals surface area contributed by atoms with Crippen molar-refractivity contribution >= 4 is 67.3 Å². The van der Waals surface area contributed by atoms with E-state index in [4.69, 9.17) is 14.2 Å². The molecular weight excluding hydrogens is 803 g/mol. The maximum Gasteiger partial charge on any atom is 0.323 e. The first kappa shape index (κ1) is 45.5. The standard InChI is InChI=1S/C44H53N7O9S/c1-44(2,3)27-23-34(40(59-7)35(24-27)50-61(8,56)57)49-43(55)48-33-18-19-37(31-14-10-9-13-30(31)33)60-29-20-22-45-39(26-29)47-28-16-17-32(38(25-28)58-6)41(52)46-21-12-11-15-36(42(53)54)51(4)5/h9-10,13-14,16-20,22-26,36,50H,11-12,15,21H2,1-8H3,(H,45,47)(H,46,52)(H,53,54)(H2,48,49,55)/t36-/m0/s1. The van der Waals surface area contributed by atoms with Crippen LogP contribution in [-0.2, 0) is 20.2 Å². The number of nitrogens with one attached hydrogen (secondary N) is 5. The van der Waals surface area contributed by atoms with Gasteiger partial charge in [0, 0.05) is 41.3 Å². The molecule has 0 saturated heterocycles. The Balaban J connectivity index is 1.27. The van der Waals surface area contributed by atoms with E-state index < -0.39 is 28.1 Å². The molecule has 0 radical (unpaired) electrons. The van der Waals surface area contributed by atoms with Crippen LogP contribution in [0.15, 0.2) is 85.1 Å². The number of methoxy groups -OCH3 is 2. The Labute approximate surface area is 356 Å². The second-order valence-corrected chi connectivity index (χ2v) is 17.3. The summed E-state index contributed by atoms with van der Waals surface area (Å²) in [5.74, 6) is 0.802. The molecule has 0 aliphatic carbocycles. The minimum Gasteiger partial charge on any atom is -0.496 e. The number of likely N-dealkylation sites (N-methyl/N-ethyl adjacent to an activating group) is 1. The zero-order chi connectivity index (χ0) is 44.5. The molecule has 3 amide bonds. The van der Waals surface area contributed by atoms with Crippen LogP contribution in [0, 0.1) is 0 Å². The van der Waals surface area contributed by atoms with Crippen LogP contribution in [0.4, 0.5) is 33.4 Å². The van der Waals surface area contributed by atoms with Gasteiger partial charge in [-0.1, -0.05) is 45.0 Å². The van der Waals surface area contributed by atoms with Crippen LogP contribution in [0.2, 0.25) is 0 Å². The molecule has 0 unspecified atom stereocenters. The third-order valence-corrected chi connectivity index (χ3v) is 10.2. The largest absolute Gasteiger partial charge is 0.496 e. The molecule has 0 bridgehead atoms. The van der Waals surface area contributed by atoms with E-state index in [1.807, 2.05) is 45.0 Å². The van der Waals surface area contributed by atoms with E-state index in [-0.39, 0.29) is 28.4 Å². The van der Waals surface area contributed by atoms with Crippen molar-refractivity contribution in [3.63, 3.8) is 0 Å². The number of unbranched alkanes of at least 4 members (excludes halogenated alkanes) is 1. The fraction of sp³-hybridized carbons (Fsp3) is 0.318. The number of carboxylic acid groups (broad SMARTS) is 1. The summed E-state index contributed by atoms with van der Waals surface area (Å²) >= 11 is 0. The van der Waals surface area contributed by atoms with Crippen LogP contribution in [0.5, 0.6) is 23.0 Å². The molecule has 0 saturated carbocycles. The number of aliphatic carboxylic acids is 1. The summed E-state index contributed by atoms with van der Waals surface area (Å²) < 4.78 is 44.3. The minimum atomic E-state index is -3.65. The highest BCUT2D eigenvalue weighted by molar-refractivity contribution is 7.92. The fourth-order valence-corrected chi connectivity index (χ4v) is 7.08. The first-order valence-corrected chi connectivity index (χ1v) is 21.3. The summed E-state index contributed by atoms with van der Waals surface area (Å²) in [6.45, 7) is 6.31. The summed E-state index contributed by atoms with van der Waals surface area (Å²) in [5, 5.41) is 22.6. The van der Waals surface area contributed by atoms with Crippen LogP contribution < -0.4 is 40.2 Å². The number of urea groups is 1. The van der Waals surface area contributed by atoms with Gasteiger partial charge in [-0.2, -0.15) is 0 Å². The first-order valence-electron chi connectivity index (χ1n) is 19.4. The predicted octanol–water partition coefficient (Wildman–Crippen LogP) is 8.02. The number of amides is 3. The Bertz CT molecular complexity index is 2510. The van der Waals surface area contributed by atoms with Gasteiger partial charge >= 0.3 is 12.0 Å². The van der Waals surface area contributed by atoms with E-state index in [2.05, 4.69) is 31.0 Å². The number of sulfonamides is 1. The van der Waals surface area contributed by atoms with Crippen LogP contribution in [-0.4, -0.2) is 88.5 Å². The first-order chi connectivity index (χ1) is 28.9. The van der Waals surface area contributed by atoms with Crippen LogP contribution in [0.3, 0.4) is 0 Å². The molecule has 61 heavy (non-hydrogen) atoms. The summed E-state index contributed by atoms with van der Waals surface area (Å²) in [6.07, 6.45) is 4.39. The lowest BCUT2D eigenvalue weighted by molar-refractivity contribution is -0.142. The highest BCUT2D eigenvalue weighted by Crippen LogP contribution is 2.40. The van der Waals surface area contributed by atoms with Crippen molar-refractivity contribution in [2.24, 2.45) is 0 Å². The highest BCUT2D eigenvalue weighted by Gasteiger charge is 2.23. The molecule has 1 aromatic heterocycles. The van der Waals surface area contributed by atoms with Gasteiger partial charge in [-0.3, -0.25) is 19.2 Å². The molecule has 0 fully saturated rings. The molecule has 1 heterocycles. The van der Waals surface area contributed by atoms with Gasteiger partial charge in [-0.05, 0) is 86.8 Å². The zero-order valence-corrected chi connectivity index (χ0v) is 36.3. The number of aromatic nitrogens is 1. The molecule has 0 spiro atoms. The number of hydrogen-bond acceptors (Lipinski definition) is 11. The number of carbonyl (C=O) groups is 3. The van der Waals surface area contributed by atoms with Gasteiger partial charge in [0.2, 0.25) is 10.0 Å². The highest BCUT2D eigenvalue weighted by atomic mass is 32.2. The van der Waals surface area contributed by atoms with E-state index in [9.17, 15) is 27.9 Å². The monoisotopic (exact) mass is 855 g/mol. The third-order valence-electron chi connectivity index (χ3n) is 9.61. The molecule has 1 atom stereocenters. The van der Waals surface area contributed by atoms with Crippen LogP contribution in [0.25, 0.3) is 10.8 Å². The van der Waals surface area contributed by atoms with Crippen LogP contribution in [0.1, 0.15) is 56.0 Å². The van der Waals surface area contributed by atoms with Crippen LogP contribution >= 0.6 is 0 Å². The second kappa shape index (κ2) is 19.6. The Morgan fingerprint density at radius 1 is 0.836 bits per heavy atom. The van der Waals surface area contributed by atoms with Gasteiger partial charge in [-0.25, -0.2) is 18.2 Å². The molecule has 4 aromatic carbocycles. The molecule has 5 rings (SSSR count). The molecular formula is C44H53N7O9S. The van der Waals surface area contributed by atoms with Gasteiger partial charge < -0.3 is 40.6 Å². The number of nitrogens with zero attached hydrogens (tertiary/aromatic N) is 2. The zero-order valence-electron chi connectivity index (χ0n) is 35.5. The second-order valence-electron chi connectivity index (χ2n) is 15.6. The molecule has 5 aromatic rings. The van der Waals surface area contributed by atoms with E-state index in [0.717, 1.165) is 17.2 Å². The number of hydrogen-bond donors (Lipinski definition) is 6. The number of ether oxygens (including phenoxy) is 3. The summed E-state index contributed by atoms with van der Waals surface area (Å²) in [6, 6.07) is 21.7. The molecule has 16 nitrogen and oxygen atoms in total. The number of benzene rings is 4.